The quantitative estimate of drug-likeness (QED) is 0.585. The zero-order chi connectivity index (χ0) is 21.3. The van der Waals surface area contributed by atoms with Crippen LogP contribution in [0.4, 0.5) is 18.6 Å². The number of thiophene rings is 1. The van der Waals surface area contributed by atoms with Crippen molar-refractivity contribution in [3.63, 3.8) is 0 Å². The fraction of sp³-hybridized carbons (Fsp3) is 0.238. The third kappa shape index (κ3) is 4.06. The van der Waals surface area contributed by atoms with E-state index in [2.05, 4.69) is 16.0 Å². The van der Waals surface area contributed by atoms with Crippen molar-refractivity contribution in [3.05, 3.63) is 59.7 Å². The second kappa shape index (κ2) is 8.27. The maximum atomic E-state index is 14.6. The van der Waals surface area contributed by atoms with E-state index >= 15 is 0 Å². The highest BCUT2D eigenvalue weighted by Gasteiger charge is 2.35. The highest BCUT2D eigenvalue weighted by molar-refractivity contribution is 7.22. The number of benzene rings is 2. The Bertz CT molecular complexity index is 1060. The number of rotatable bonds is 4. The summed E-state index contributed by atoms with van der Waals surface area (Å²) in [5.41, 5.74) is -0.238. The van der Waals surface area contributed by atoms with Gasteiger partial charge >= 0.3 is 6.03 Å². The lowest BCUT2D eigenvalue weighted by Crippen LogP contribution is -2.53. The number of ether oxygens (including phenoxy) is 1. The number of carbonyl (C=O) groups is 2. The third-order valence-corrected chi connectivity index (χ3v) is 6.08. The van der Waals surface area contributed by atoms with Crippen LogP contribution in [-0.4, -0.2) is 31.6 Å². The predicted molar refractivity (Wildman–Crippen MR) is 111 cm³/mol. The molecule has 30 heavy (non-hydrogen) atoms. The number of anilines is 1. The van der Waals surface area contributed by atoms with Gasteiger partial charge in [0.1, 0.15) is 17.4 Å². The molecule has 1 aliphatic heterocycles. The first-order valence-corrected chi connectivity index (χ1v) is 10.1. The second-order valence-electron chi connectivity index (χ2n) is 6.97. The number of fused-ring (bicyclic) bond motifs is 1. The van der Waals surface area contributed by atoms with E-state index in [0.29, 0.717) is 5.00 Å². The molecule has 6 nitrogen and oxygen atoms in total. The van der Waals surface area contributed by atoms with Crippen LogP contribution in [0.5, 0.6) is 5.75 Å². The van der Waals surface area contributed by atoms with Crippen LogP contribution in [0.3, 0.4) is 0 Å². The number of urea groups is 1. The van der Waals surface area contributed by atoms with Gasteiger partial charge in [0.2, 0.25) is 5.91 Å². The Morgan fingerprint density at radius 3 is 2.63 bits per heavy atom. The SMILES string of the molecule is COc1cc(F)c(C2CC(=O)NCC2NC(=O)Nc2cc3ccccc3s2)c(F)c1. The zero-order valence-corrected chi connectivity index (χ0v) is 16.8. The van der Waals surface area contributed by atoms with Crippen molar-refractivity contribution in [1.82, 2.24) is 10.6 Å². The molecule has 9 heteroatoms. The lowest BCUT2D eigenvalue weighted by molar-refractivity contribution is -0.123. The molecule has 0 saturated carbocycles. The van der Waals surface area contributed by atoms with Crippen molar-refractivity contribution in [1.29, 1.82) is 0 Å². The lowest BCUT2D eigenvalue weighted by atomic mass is 9.85. The fourth-order valence-corrected chi connectivity index (χ4v) is 4.59. The Labute approximate surface area is 175 Å². The van der Waals surface area contributed by atoms with Gasteiger partial charge < -0.3 is 15.4 Å². The molecule has 4 rings (SSSR count). The summed E-state index contributed by atoms with van der Waals surface area (Å²) in [5.74, 6) is -2.78. The van der Waals surface area contributed by atoms with Crippen LogP contribution in [0.15, 0.2) is 42.5 Å². The largest absolute Gasteiger partial charge is 0.497 e. The highest BCUT2D eigenvalue weighted by atomic mass is 32.1. The summed E-state index contributed by atoms with van der Waals surface area (Å²) in [6.07, 6.45) is -0.145. The van der Waals surface area contributed by atoms with Gasteiger partial charge in [-0.25, -0.2) is 13.6 Å². The first-order chi connectivity index (χ1) is 14.4. The number of carbonyl (C=O) groups excluding carboxylic acids is 2. The number of piperidine rings is 1. The van der Waals surface area contributed by atoms with Crippen LogP contribution >= 0.6 is 11.3 Å². The van der Waals surface area contributed by atoms with Crippen LogP contribution < -0.4 is 20.7 Å². The molecule has 1 saturated heterocycles. The molecule has 2 unspecified atom stereocenters. The van der Waals surface area contributed by atoms with E-state index in [4.69, 9.17) is 4.74 Å². The van der Waals surface area contributed by atoms with E-state index in [9.17, 15) is 18.4 Å². The van der Waals surface area contributed by atoms with Crippen LogP contribution in [0.25, 0.3) is 10.1 Å². The molecule has 0 radical (unpaired) electrons. The number of nitrogens with one attached hydrogen (secondary N) is 3. The second-order valence-corrected chi connectivity index (χ2v) is 8.06. The summed E-state index contributed by atoms with van der Waals surface area (Å²) in [4.78, 5) is 24.5. The van der Waals surface area contributed by atoms with Crippen molar-refractivity contribution in [2.45, 2.75) is 18.4 Å². The molecule has 0 bridgehead atoms. The van der Waals surface area contributed by atoms with E-state index in [1.807, 2.05) is 30.3 Å². The standard InChI is InChI=1S/C21H19F2N3O3S/c1-29-12-7-14(22)20(15(23)8-12)13-9-18(27)24-10-16(13)25-21(28)26-19-6-11-4-2-3-5-17(11)30-19/h2-8,13,16H,9-10H2,1H3,(H,24,27)(H2,25,26,28). The van der Waals surface area contributed by atoms with Gasteiger partial charge in [0, 0.05) is 41.3 Å². The summed E-state index contributed by atoms with van der Waals surface area (Å²) >= 11 is 1.42. The van der Waals surface area contributed by atoms with E-state index in [-0.39, 0.29) is 30.2 Å². The number of hydrogen-bond donors (Lipinski definition) is 3. The van der Waals surface area contributed by atoms with Gasteiger partial charge in [-0.3, -0.25) is 10.1 Å². The van der Waals surface area contributed by atoms with Crippen molar-refractivity contribution in [3.8, 4) is 5.75 Å². The summed E-state index contributed by atoms with van der Waals surface area (Å²) in [6.45, 7) is 0.0637. The van der Waals surface area contributed by atoms with E-state index in [1.165, 1.54) is 18.4 Å². The molecule has 1 fully saturated rings. The van der Waals surface area contributed by atoms with Crippen molar-refractivity contribution in [2.24, 2.45) is 0 Å². The Hall–Kier alpha value is -3.20. The van der Waals surface area contributed by atoms with E-state index in [0.717, 1.165) is 22.2 Å². The number of hydrogen-bond acceptors (Lipinski definition) is 4. The minimum Gasteiger partial charge on any atom is -0.497 e. The normalized spacial score (nSPS) is 18.7. The molecule has 3 aromatic rings. The minimum atomic E-state index is -0.849. The van der Waals surface area contributed by atoms with Gasteiger partial charge in [-0.15, -0.1) is 11.3 Å². The monoisotopic (exact) mass is 431 g/mol. The number of amides is 3. The predicted octanol–water partition coefficient (Wildman–Crippen LogP) is 3.98. The Morgan fingerprint density at radius 2 is 1.93 bits per heavy atom. The molecule has 1 aliphatic rings. The Balaban J connectivity index is 1.54. The van der Waals surface area contributed by atoms with Crippen LogP contribution in [-0.2, 0) is 4.79 Å². The topological polar surface area (TPSA) is 79.5 Å². The molecule has 2 aromatic carbocycles. The summed E-state index contributed by atoms with van der Waals surface area (Å²) in [5, 5.41) is 9.78. The van der Waals surface area contributed by atoms with E-state index < -0.39 is 29.6 Å². The van der Waals surface area contributed by atoms with Crippen molar-refractivity contribution >= 4 is 38.4 Å². The number of halogens is 2. The summed E-state index contributed by atoms with van der Waals surface area (Å²) < 4.78 is 35.1. The molecular weight excluding hydrogens is 412 g/mol. The molecular formula is C21H19F2N3O3S. The van der Waals surface area contributed by atoms with Gasteiger partial charge in [0.15, 0.2) is 0 Å². The third-order valence-electron chi connectivity index (χ3n) is 5.05. The maximum Gasteiger partial charge on any atom is 0.320 e. The molecule has 3 amide bonds. The Kier molecular flexibility index (Phi) is 5.54. The van der Waals surface area contributed by atoms with Gasteiger partial charge in [0.05, 0.1) is 18.2 Å². The Morgan fingerprint density at radius 1 is 1.20 bits per heavy atom. The van der Waals surface area contributed by atoms with Gasteiger partial charge in [-0.2, -0.15) is 0 Å². The molecule has 0 spiro atoms. The molecule has 3 N–H and O–H groups in total. The average molecular weight is 431 g/mol. The van der Waals surface area contributed by atoms with Gasteiger partial charge in [-0.05, 0) is 17.5 Å². The first-order valence-electron chi connectivity index (χ1n) is 9.30. The van der Waals surface area contributed by atoms with Crippen molar-refractivity contribution < 1.29 is 23.1 Å². The van der Waals surface area contributed by atoms with Crippen LogP contribution in [0, 0.1) is 11.6 Å². The van der Waals surface area contributed by atoms with Gasteiger partial charge in [-0.1, -0.05) is 18.2 Å². The first kappa shape index (κ1) is 20.1. The minimum absolute atomic E-state index is 0.0426. The number of methoxy groups -OCH3 is 1. The van der Waals surface area contributed by atoms with Crippen molar-refractivity contribution in [2.75, 3.05) is 19.0 Å². The lowest BCUT2D eigenvalue weighted by Gasteiger charge is -2.32. The maximum absolute atomic E-state index is 14.6. The summed E-state index contributed by atoms with van der Waals surface area (Å²) in [6, 6.07) is 10.5. The zero-order valence-electron chi connectivity index (χ0n) is 16.0. The fourth-order valence-electron chi connectivity index (χ4n) is 3.63. The molecule has 0 aliphatic carbocycles. The molecule has 2 heterocycles. The molecule has 1 aromatic heterocycles. The molecule has 156 valence electrons. The van der Waals surface area contributed by atoms with Crippen LogP contribution in [0.1, 0.15) is 17.9 Å². The average Bonchev–Trinajstić information content (AvgIpc) is 3.11. The van der Waals surface area contributed by atoms with Crippen LogP contribution in [0.2, 0.25) is 0 Å². The smallest absolute Gasteiger partial charge is 0.320 e. The highest BCUT2D eigenvalue weighted by Crippen LogP contribution is 2.33. The van der Waals surface area contributed by atoms with Gasteiger partial charge in [0.25, 0.3) is 0 Å². The summed E-state index contributed by atoms with van der Waals surface area (Å²) in [7, 11) is 1.31. The van der Waals surface area contributed by atoms with E-state index in [1.54, 1.807) is 0 Å². The molecule has 2 atom stereocenters.